The van der Waals surface area contributed by atoms with Crippen LogP contribution in [0.5, 0.6) is 0 Å². The van der Waals surface area contributed by atoms with Crippen molar-refractivity contribution < 1.29 is 9.90 Å². The summed E-state index contributed by atoms with van der Waals surface area (Å²) in [5.41, 5.74) is 3.42. The number of aliphatic hydroxyl groups excluding tert-OH is 1. The fourth-order valence-electron chi connectivity index (χ4n) is 2.84. The van der Waals surface area contributed by atoms with Gasteiger partial charge >= 0.3 is 0 Å². The van der Waals surface area contributed by atoms with Crippen LogP contribution < -0.4 is 5.32 Å². The van der Waals surface area contributed by atoms with Crippen LogP contribution in [-0.2, 0) is 0 Å². The number of hydrogen-bond donors (Lipinski definition) is 2. The van der Waals surface area contributed by atoms with Gasteiger partial charge in [0.1, 0.15) is 0 Å². The normalized spacial score (nSPS) is 15.3. The molecule has 1 aliphatic rings. The molecule has 6 heteroatoms. The van der Waals surface area contributed by atoms with Gasteiger partial charge in [-0.2, -0.15) is 0 Å². The van der Waals surface area contributed by atoms with Crippen molar-refractivity contribution in [1.29, 1.82) is 0 Å². The summed E-state index contributed by atoms with van der Waals surface area (Å²) in [5.74, 6) is 0.149. The third-order valence-electron chi connectivity index (χ3n) is 4.47. The molecule has 0 radical (unpaired) electrons. The van der Waals surface area contributed by atoms with Crippen molar-refractivity contribution in [3.05, 3.63) is 41.2 Å². The minimum Gasteiger partial charge on any atom is -0.396 e. The van der Waals surface area contributed by atoms with Crippen LogP contribution in [0.2, 0.25) is 0 Å². The first kappa shape index (κ1) is 16.6. The average Bonchev–Trinajstić information content (AvgIpc) is 3.33. The predicted octanol–water partition coefficient (Wildman–Crippen LogP) is 2.34. The quantitative estimate of drug-likeness (QED) is 0.817. The molecule has 1 fully saturated rings. The van der Waals surface area contributed by atoms with Crippen molar-refractivity contribution in [2.75, 3.05) is 6.61 Å². The summed E-state index contributed by atoms with van der Waals surface area (Å²) in [7, 11) is 0. The molecule has 128 valence electrons. The van der Waals surface area contributed by atoms with Gasteiger partial charge in [0.2, 0.25) is 0 Å². The highest BCUT2D eigenvalue weighted by atomic mass is 16.3. The number of nitrogens with zero attached hydrogens (tertiary/aromatic N) is 3. The Kier molecular flexibility index (Phi) is 4.94. The summed E-state index contributed by atoms with van der Waals surface area (Å²) in [6, 6.07) is 8.01. The van der Waals surface area contributed by atoms with Crippen molar-refractivity contribution >= 4 is 5.91 Å². The Labute approximate surface area is 141 Å². The van der Waals surface area contributed by atoms with Gasteiger partial charge in [-0.1, -0.05) is 29.8 Å². The monoisotopic (exact) mass is 328 g/mol. The molecule has 2 aromatic rings. The Morgan fingerprint density at radius 2 is 2.08 bits per heavy atom. The van der Waals surface area contributed by atoms with Crippen LogP contribution in [0.1, 0.15) is 60.3 Å². The van der Waals surface area contributed by atoms with E-state index in [9.17, 15) is 4.79 Å². The van der Waals surface area contributed by atoms with E-state index in [1.807, 2.05) is 38.1 Å². The van der Waals surface area contributed by atoms with Gasteiger partial charge in [-0.05, 0) is 44.7 Å². The van der Waals surface area contributed by atoms with Crippen LogP contribution in [0.25, 0.3) is 5.69 Å². The molecule has 6 nitrogen and oxygen atoms in total. The molecule has 1 aromatic carbocycles. The number of aromatic nitrogens is 3. The Morgan fingerprint density at radius 3 is 2.67 bits per heavy atom. The number of amides is 1. The molecule has 1 heterocycles. The molecule has 1 saturated carbocycles. The first-order chi connectivity index (χ1) is 11.6. The third kappa shape index (κ3) is 3.48. The zero-order valence-electron chi connectivity index (χ0n) is 14.2. The van der Waals surface area contributed by atoms with E-state index in [-0.39, 0.29) is 18.6 Å². The molecule has 0 saturated heterocycles. The second kappa shape index (κ2) is 7.13. The number of rotatable bonds is 7. The van der Waals surface area contributed by atoms with Gasteiger partial charge in [-0.3, -0.25) is 4.79 Å². The lowest BCUT2D eigenvalue weighted by molar-refractivity contribution is 0.0923. The number of nitrogens with one attached hydrogen (secondary N) is 1. The number of carbonyl (C=O) groups is 1. The largest absolute Gasteiger partial charge is 0.396 e. The molecule has 0 aliphatic heterocycles. The van der Waals surface area contributed by atoms with Gasteiger partial charge in [0, 0.05) is 18.6 Å². The Hall–Kier alpha value is -2.21. The van der Waals surface area contributed by atoms with E-state index in [0.717, 1.165) is 30.6 Å². The Balaban J connectivity index is 1.89. The third-order valence-corrected chi connectivity index (χ3v) is 4.47. The van der Waals surface area contributed by atoms with Gasteiger partial charge in [0.15, 0.2) is 5.69 Å². The molecule has 1 aromatic heterocycles. The van der Waals surface area contributed by atoms with E-state index in [1.54, 1.807) is 4.68 Å². The van der Waals surface area contributed by atoms with Crippen molar-refractivity contribution in [1.82, 2.24) is 20.3 Å². The lowest BCUT2D eigenvalue weighted by atomic mass is 10.1. The summed E-state index contributed by atoms with van der Waals surface area (Å²) in [6.45, 7) is 4.09. The molecule has 3 rings (SSSR count). The topological polar surface area (TPSA) is 80.0 Å². The van der Waals surface area contributed by atoms with E-state index >= 15 is 0 Å². The zero-order valence-corrected chi connectivity index (χ0v) is 14.2. The highest BCUT2D eigenvalue weighted by Crippen LogP contribution is 2.42. The van der Waals surface area contributed by atoms with Crippen LogP contribution in [0.4, 0.5) is 0 Å². The van der Waals surface area contributed by atoms with Crippen LogP contribution in [0.15, 0.2) is 24.3 Å². The van der Waals surface area contributed by atoms with Crippen molar-refractivity contribution in [3.8, 4) is 5.69 Å². The molecule has 0 bridgehead atoms. The van der Waals surface area contributed by atoms with Gasteiger partial charge in [-0.25, -0.2) is 4.68 Å². The maximum Gasteiger partial charge on any atom is 0.274 e. The first-order valence-electron chi connectivity index (χ1n) is 8.58. The van der Waals surface area contributed by atoms with Crippen LogP contribution in [-0.4, -0.2) is 38.7 Å². The van der Waals surface area contributed by atoms with Gasteiger partial charge in [-0.15, -0.1) is 5.10 Å². The fourth-order valence-corrected chi connectivity index (χ4v) is 2.84. The molecule has 2 N–H and O–H groups in total. The highest BCUT2D eigenvalue weighted by Gasteiger charge is 2.34. The van der Waals surface area contributed by atoms with E-state index < -0.39 is 0 Å². The van der Waals surface area contributed by atoms with Crippen molar-refractivity contribution in [2.24, 2.45) is 0 Å². The molecule has 1 aliphatic carbocycles. The van der Waals surface area contributed by atoms with Gasteiger partial charge in [0.25, 0.3) is 5.91 Å². The lowest BCUT2D eigenvalue weighted by Crippen LogP contribution is -2.35. The number of benzene rings is 1. The minimum atomic E-state index is -0.199. The van der Waals surface area contributed by atoms with Crippen molar-refractivity contribution in [2.45, 2.75) is 51.5 Å². The maximum absolute atomic E-state index is 12.6. The summed E-state index contributed by atoms with van der Waals surface area (Å²) in [6.07, 6.45) is 3.45. The molecule has 0 spiro atoms. The van der Waals surface area contributed by atoms with E-state index in [0.29, 0.717) is 18.0 Å². The second-order valence-electron chi connectivity index (χ2n) is 6.44. The van der Waals surface area contributed by atoms with E-state index in [2.05, 4.69) is 15.6 Å². The van der Waals surface area contributed by atoms with Crippen LogP contribution in [0.3, 0.4) is 0 Å². The van der Waals surface area contributed by atoms with Crippen LogP contribution in [0, 0.1) is 6.92 Å². The van der Waals surface area contributed by atoms with E-state index in [1.165, 1.54) is 5.56 Å². The zero-order chi connectivity index (χ0) is 17.1. The summed E-state index contributed by atoms with van der Waals surface area (Å²) in [5, 5.41) is 20.5. The maximum atomic E-state index is 12.6. The smallest absolute Gasteiger partial charge is 0.274 e. The second-order valence-corrected chi connectivity index (χ2v) is 6.44. The number of aryl methyl sites for hydroxylation is 1. The standard InChI is InChI=1S/C18H24N4O2/c1-3-14(10-11-23)19-18(24)16-17(13-6-7-13)22(21-20-16)15-8-4-12(2)5-9-15/h4-5,8-9,13-14,23H,3,6-7,10-11H2,1-2H3,(H,19,24). The summed E-state index contributed by atoms with van der Waals surface area (Å²) in [4.78, 5) is 12.6. The van der Waals surface area contributed by atoms with Gasteiger partial charge < -0.3 is 10.4 Å². The minimum absolute atomic E-state index is 0.0425. The predicted molar refractivity (Wildman–Crippen MR) is 91.3 cm³/mol. The number of aliphatic hydroxyl groups is 1. The lowest BCUT2D eigenvalue weighted by Gasteiger charge is -2.15. The van der Waals surface area contributed by atoms with Gasteiger partial charge in [0.05, 0.1) is 11.4 Å². The Morgan fingerprint density at radius 1 is 1.38 bits per heavy atom. The molecule has 24 heavy (non-hydrogen) atoms. The molecule has 1 atom stereocenters. The van der Waals surface area contributed by atoms with Crippen molar-refractivity contribution in [3.63, 3.8) is 0 Å². The highest BCUT2D eigenvalue weighted by molar-refractivity contribution is 5.93. The molecular formula is C18H24N4O2. The first-order valence-corrected chi connectivity index (χ1v) is 8.58. The fraction of sp³-hybridized carbons (Fsp3) is 0.500. The summed E-state index contributed by atoms with van der Waals surface area (Å²) >= 11 is 0. The average molecular weight is 328 g/mol. The Bertz CT molecular complexity index is 704. The van der Waals surface area contributed by atoms with Crippen LogP contribution >= 0.6 is 0 Å². The number of carbonyl (C=O) groups excluding carboxylic acids is 1. The summed E-state index contributed by atoms with van der Waals surface area (Å²) < 4.78 is 1.79. The molecule has 1 unspecified atom stereocenters. The molecule has 1 amide bonds. The van der Waals surface area contributed by atoms with E-state index in [4.69, 9.17) is 5.11 Å². The SMILES string of the molecule is CCC(CCO)NC(=O)c1nnn(-c2ccc(C)cc2)c1C1CC1. The molecular weight excluding hydrogens is 304 g/mol. The number of hydrogen-bond acceptors (Lipinski definition) is 4.